The molecule has 7 rings (SSSR count). The Labute approximate surface area is 275 Å². The molecule has 0 radical (unpaired) electrons. The van der Waals surface area contributed by atoms with Crippen LogP contribution in [0.3, 0.4) is 0 Å². The summed E-state index contributed by atoms with van der Waals surface area (Å²) in [6.45, 7) is 8.54. The van der Waals surface area contributed by atoms with Gasteiger partial charge < -0.3 is 14.4 Å². The Kier molecular flexibility index (Phi) is 7.83. The summed E-state index contributed by atoms with van der Waals surface area (Å²) in [6, 6.07) is 7.30. The minimum absolute atomic E-state index is 0.000830. The number of fused-ring (bicyclic) bond motifs is 1. The maximum atomic E-state index is 14.2. The van der Waals surface area contributed by atoms with Crippen molar-refractivity contribution in [2.45, 2.75) is 56.3 Å². The third kappa shape index (κ3) is 5.28. The average molecular weight is 689 g/mol. The van der Waals surface area contributed by atoms with Gasteiger partial charge in [0.2, 0.25) is 11.7 Å². The van der Waals surface area contributed by atoms with Crippen LogP contribution in [0, 0.1) is 5.82 Å². The molecule has 3 atom stereocenters. The van der Waals surface area contributed by atoms with E-state index in [-0.39, 0.29) is 43.4 Å². The average Bonchev–Trinajstić information content (AvgIpc) is 3.48. The summed E-state index contributed by atoms with van der Waals surface area (Å²) in [5.74, 6) is -0.675. The highest BCUT2D eigenvalue weighted by Gasteiger charge is 2.42. The van der Waals surface area contributed by atoms with Gasteiger partial charge in [0.05, 0.1) is 17.1 Å². The van der Waals surface area contributed by atoms with E-state index in [9.17, 15) is 27.2 Å². The second-order valence-electron chi connectivity index (χ2n) is 12.0. The number of alkyl halides is 3. The number of nitrogens with zero attached hydrogens (tertiary/aromatic N) is 8. The first-order valence-electron chi connectivity index (χ1n) is 15.0. The summed E-state index contributed by atoms with van der Waals surface area (Å²) in [4.78, 5) is 37.7. The molecule has 4 aromatic rings. The molecule has 5 heterocycles. The van der Waals surface area contributed by atoms with Crippen LogP contribution in [-0.2, 0) is 24.1 Å². The lowest BCUT2D eigenvalue weighted by Crippen LogP contribution is -2.58. The van der Waals surface area contributed by atoms with Crippen molar-refractivity contribution in [1.82, 2.24) is 34.1 Å². The van der Waals surface area contributed by atoms with E-state index in [0.29, 0.717) is 51.7 Å². The number of rotatable bonds is 4. The van der Waals surface area contributed by atoms with Crippen molar-refractivity contribution >= 4 is 46.0 Å². The zero-order chi connectivity index (χ0) is 33.4. The number of carbonyl (C=O) groups is 1. The van der Waals surface area contributed by atoms with Crippen LogP contribution >= 0.6 is 23.4 Å². The van der Waals surface area contributed by atoms with E-state index >= 15 is 0 Å². The van der Waals surface area contributed by atoms with Gasteiger partial charge in [-0.2, -0.15) is 18.2 Å². The molecule has 0 saturated carbocycles. The topological polar surface area (TPSA) is 92.4 Å². The van der Waals surface area contributed by atoms with Crippen molar-refractivity contribution in [3.8, 4) is 11.1 Å². The molecule has 1 fully saturated rings. The highest BCUT2D eigenvalue weighted by molar-refractivity contribution is 7.99. The number of anilines is 1. The zero-order valence-electron chi connectivity index (χ0n) is 25.3. The largest absolute Gasteiger partial charge is 0.451 e. The third-order valence-electron chi connectivity index (χ3n) is 9.08. The highest BCUT2D eigenvalue weighted by Crippen LogP contribution is 2.48. The van der Waals surface area contributed by atoms with Gasteiger partial charge in [-0.05, 0) is 43.7 Å². The van der Waals surface area contributed by atoms with Gasteiger partial charge >= 0.3 is 11.9 Å². The molecule has 246 valence electrons. The first-order valence-corrected chi connectivity index (χ1v) is 16.3. The van der Waals surface area contributed by atoms with Crippen LogP contribution in [0.2, 0.25) is 5.02 Å². The molecule has 16 heteroatoms. The standard InChI is InChI=1S/C31H29ClF4N8O2S/c1-4-24(45)42-12-17(3)43(13-16(42)2)28-20-11-21(32)25(18-5-7-19(33)8-6-18)27-26(20)44(30(46)37-28)23(15-47-27)40-9-10-41-22(14-40)38-39-29(41)31(34,35)36/h4-8,11,16-17,23H,1,9-10,12-15H2,2-3H3/t16-,17+,23+/m1/s1. The summed E-state index contributed by atoms with van der Waals surface area (Å²) in [5, 5.41) is 8.24. The fourth-order valence-corrected chi connectivity index (χ4v) is 8.60. The summed E-state index contributed by atoms with van der Waals surface area (Å²) in [5.41, 5.74) is 1.36. The van der Waals surface area contributed by atoms with E-state index in [0.717, 1.165) is 9.46 Å². The number of amides is 1. The minimum Gasteiger partial charge on any atom is -0.349 e. The number of aromatic nitrogens is 5. The van der Waals surface area contributed by atoms with Crippen LogP contribution in [0.25, 0.3) is 22.0 Å². The molecule has 10 nitrogen and oxygen atoms in total. The lowest BCUT2D eigenvalue weighted by Gasteiger charge is -2.45. The maximum absolute atomic E-state index is 14.2. The van der Waals surface area contributed by atoms with Gasteiger partial charge in [0.1, 0.15) is 23.6 Å². The first-order chi connectivity index (χ1) is 22.4. The predicted octanol–water partition coefficient (Wildman–Crippen LogP) is 5.20. The van der Waals surface area contributed by atoms with Gasteiger partial charge in [0.25, 0.3) is 0 Å². The van der Waals surface area contributed by atoms with Gasteiger partial charge in [0.15, 0.2) is 0 Å². The van der Waals surface area contributed by atoms with Crippen molar-refractivity contribution in [2.24, 2.45) is 0 Å². The molecule has 0 aliphatic carbocycles. The van der Waals surface area contributed by atoms with Gasteiger partial charge in [0, 0.05) is 59.9 Å². The Morgan fingerprint density at radius 2 is 1.85 bits per heavy atom. The maximum Gasteiger partial charge on any atom is 0.451 e. The van der Waals surface area contributed by atoms with Crippen LogP contribution in [0.5, 0.6) is 0 Å². The van der Waals surface area contributed by atoms with Crippen LogP contribution < -0.4 is 10.6 Å². The van der Waals surface area contributed by atoms with Crippen molar-refractivity contribution < 1.29 is 22.4 Å². The van der Waals surface area contributed by atoms with Gasteiger partial charge in [-0.3, -0.25) is 14.3 Å². The molecular formula is C31H29ClF4N8O2S. The number of piperazine rings is 1. The summed E-state index contributed by atoms with van der Waals surface area (Å²) in [6.07, 6.45) is -3.91. The lowest BCUT2D eigenvalue weighted by atomic mass is 10.0. The highest BCUT2D eigenvalue weighted by atomic mass is 35.5. The van der Waals surface area contributed by atoms with Crippen LogP contribution in [0.4, 0.5) is 23.4 Å². The van der Waals surface area contributed by atoms with E-state index in [1.54, 1.807) is 27.7 Å². The van der Waals surface area contributed by atoms with Gasteiger partial charge in [-0.1, -0.05) is 30.3 Å². The van der Waals surface area contributed by atoms with Crippen LogP contribution in [-0.4, -0.2) is 77.5 Å². The predicted molar refractivity (Wildman–Crippen MR) is 170 cm³/mol. The molecule has 2 aromatic carbocycles. The number of hydrogen-bond acceptors (Lipinski definition) is 8. The summed E-state index contributed by atoms with van der Waals surface area (Å²) < 4.78 is 57.2. The molecule has 2 aromatic heterocycles. The van der Waals surface area contributed by atoms with Gasteiger partial charge in [-0.25, -0.2) is 9.18 Å². The molecule has 1 saturated heterocycles. The van der Waals surface area contributed by atoms with Crippen molar-refractivity contribution in [1.29, 1.82) is 0 Å². The Morgan fingerprint density at radius 3 is 2.55 bits per heavy atom. The monoisotopic (exact) mass is 688 g/mol. The van der Waals surface area contributed by atoms with E-state index in [4.69, 9.17) is 11.6 Å². The lowest BCUT2D eigenvalue weighted by molar-refractivity contribution is -0.148. The second-order valence-corrected chi connectivity index (χ2v) is 13.4. The Bertz CT molecular complexity index is 1980. The fraction of sp³-hybridized carbons (Fsp3) is 0.387. The van der Waals surface area contributed by atoms with Gasteiger partial charge in [-0.15, -0.1) is 22.0 Å². The minimum atomic E-state index is -4.63. The van der Waals surface area contributed by atoms with E-state index in [1.807, 2.05) is 23.6 Å². The first kappa shape index (κ1) is 31.6. The van der Waals surface area contributed by atoms with E-state index in [2.05, 4.69) is 21.8 Å². The molecular weight excluding hydrogens is 660 g/mol. The van der Waals surface area contributed by atoms with Crippen molar-refractivity contribution in [2.75, 3.05) is 30.3 Å². The SMILES string of the molecule is C=CC(=O)N1C[C@H](C)N(c2nc(=O)n3c4c(c(-c5ccc(F)cc5)c(Cl)cc24)SC[C@H]3N2CCn3c(nnc3C(F)(F)F)C2)C[C@H]1C. The number of benzene rings is 2. The van der Waals surface area contributed by atoms with E-state index < -0.39 is 29.7 Å². The van der Waals surface area contributed by atoms with Crippen LogP contribution in [0.1, 0.15) is 31.7 Å². The second kappa shape index (κ2) is 11.6. The number of halogens is 5. The van der Waals surface area contributed by atoms with Crippen molar-refractivity contribution in [3.63, 3.8) is 0 Å². The molecule has 3 aliphatic rings. The Hall–Kier alpha value is -3.95. The normalized spacial score (nSPS) is 21.6. The third-order valence-corrected chi connectivity index (χ3v) is 10.5. The smallest absolute Gasteiger partial charge is 0.349 e. The number of thioether (sulfide) groups is 1. The molecule has 1 amide bonds. The fourth-order valence-electron chi connectivity index (χ4n) is 6.84. The summed E-state index contributed by atoms with van der Waals surface area (Å²) in [7, 11) is 0. The summed E-state index contributed by atoms with van der Waals surface area (Å²) >= 11 is 8.47. The molecule has 0 bridgehead atoms. The Balaban J connectivity index is 1.38. The molecule has 3 aliphatic heterocycles. The molecule has 0 unspecified atom stereocenters. The van der Waals surface area contributed by atoms with Crippen LogP contribution in [0.15, 0.2) is 52.7 Å². The zero-order valence-corrected chi connectivity index (χ0v) is 26.9. The quantitative estimate of drug-likeness (QED) is 0.214. The van der Waals surface area contributed by atoms with Crippen molar-refractivity contribution in [3.05, 3.63) is 76.0 Å². The number of carbonyl (C=O) groups excluding carboxylic acids is 1. The Morgan fingerprint density at radius 1 is 1.11 bits per heavy atom. The number of hydrogen-bond donors (Lipinski definition) is 0. The molecule has 47 heavy (non-hydrogen) atoms. The molecule has 0 spiro atoms. The van der Waals surface area contributed by atoms with E-state index in [1.165, 1.54) is 30.0 Å². The molecule has 0 N–H and O–H groups in total.